The summed E-state index contributed by atoms with van der Waals surface area (Å²) >= 11 is 0. The van der Waals surface area contributed by atoms with E-state index in [-0.39, 0.29) is 31.5 Å². The molecule has 1 saturated heterocycles. The Morgan fingerprint density at radius 2 is 1.42 bits per heavy atom. The van der Waals surface area contributed by atoms with Crippen LogP contribution >= 0.6 is 15.6 Å². The largest absolute Gasteiger partial charge is 0.481 e. The Hall–Kier alpha value is -3.66. The van der Waals surface area contributed by atoms with Crippen LogP contribution in [0.4, 0.5) is 5.82 Å². The van der Waals surface area contributed by atoms with Gasteiger partial charge in [-0.3, -0.25) is 23.2 Å². The number of nitrogens with zero attached hydrogens (tertiary/aromatic N) is 2. The Morgan fingerprint density at radius 1 is 0.812 bits per heavy atom. The van der Waals surface area contributed by atoms with Gasteiger partial charge in [-0.25, -0.2) is 13.9 Å². The number of nitrogens with two attached hydrogens (primary N) is 1. The van der Waals surface area contributed by atoms with Gasteiger partial charge in [0.2, 0.25) is 0 Å². The molecule has 392 valence electrons. The first-order chi connectivity index (χ1) is 32.7. The standard InChI is InChI=1S/C46H75N3O18P2/c1-4-5-16-23-35(50)24-18-13-10-11-14-19-25-37(51)38(52)26-21-28-42(54)65-36(31-62-41(53)27-20-15-9-7-6-8-12-17-22-34(2)3)32-63-68(58,59)67-69(60,61)64-33-39-43(55)44(56)45(66-39)49-30-29-40(47)48-46(49)57/h5,10-11,13-14,16,18-19,24-25,29-30,34-39,43-45,50-52,55-56H,4,6-9,12,15,17,20-23,26-28,31-33H2,1-3H3,(H,58,59)(H,60,61)(H2,47,48,57)/b13-10+,14-11-,16-5-,24-18+,25-19-/t35-,36+,37+,38+,39+,43+,44+,45+/m0/s1. The second-order valence-electron chi connectivity index (χ2n) is 16.9. The monoisotopic (exact) mass is 1020 g/mol. The van der Waals surface area contributed by atoms with Crippen LogP contribution in [-0.4, -0.2) is 119 Å². The van der Waals surface area contributed by atoms with Gasteiger partial charge in [0.1, 0.15) is 30.7 Å². The van der Waals surface area contributed by atoms with Crippen molar-refractivity contribution in [2.24, 2.45) is 5.92 Å². The number of esters is 2. The van der Waals surface area contributed by atoms with Crippen LogP contribution in [0, 0.1) is 5.92 Å². The molecule has 10 atom stereocenters. The fourth-order valence-electron chi connectivity index (χ4n) is 6.60. The summed E-state index contributed by atoms with van der Waals surface area (Å²) in [5, 5.41) is 51.5. The number of phosphoric ester groups is 2. The number of anilines is 1. The number of phosphoric acid groups is 2. The molecule has 0 saturated carbocycles. The first-order valence-electron chi connectivity index (χ1n) is 23.5. The van der Waals surface area contributed by atoms with E-state index in [1.54, 1.807) is 36.5 Å². The molecule has 0 amide bonds. The Labute approximate surface area is 404 Å². The molecule has 1 aromatic rings. The minimum atomic E-state index is -5.51. The quantitative estimate of drug-likeness (QED) is 0.0134. The Balaban J connectivity index is 1.92. The highest BCUT2D eigenvalue weighted by Gasteiger charge is 2.46. The van der Waals surface area contributed by atoms with Gasteiger partial charge < -0.3 is 55.3 Å². The van der Waals surface area contributed by atoms with E-state index in [0.717, 1.165) is 49.3 Å². The van der Waals surface area contributed by atoms with Gasteiger partial charge in [-0.2, -0.15) is 9.29 Å². The first-order valence-corrected chi connectivity index (χ1v) is 26.5. The number of ether oxygens (including phenoxy) is 3. The van der Waals surface area contributed by atoms with Crippen molar-refractivity contribution in [2.75, 3.05) is 25.6 Å². The van der Waals surface area contributed by atoms with Gasteiger partial charge >= 0.3 is 33.3 Å². The number of rotatable bonds is 36. The van der Waals surface area contributed by atoms with E-state index in [1.165, 1.54) is 37.5 Å². The number of hydrogen-bond acceptors (Lipinski definition) is 18. The summed E-state index contributed by atoms with van der Waals surface area (Å²) in [6, 6.07) is 1.22. The van der Waals surface area contributed by atoms with Crippen LogP contribution in [0.2, 0.25) is 0 Å². The van der Waals surface area contributed by atoms with Crippen molar-refractivity contribution in [1.29, 1.82) is 0 Å². The molecule has 1 aromatic heterocycles. The lowest BCUT2D eigenvalue weighted by molar-refractivity contribution is -0.161. The van der Waals surface area contributed by atoms with Crippen LogP contribution in [0.5, 0.6) is 0 Å². The highest BCUT2D eigenvalue weighted by molar-refractivity contribution is 7.61. The van der Waals surface area contributed by atoms with Crippen molar-refractivity contribution < 1.29 is 81.6 Å². The second-order valence-corrected chi connectivity index (χ2v) is 20.0. The summed E-state index contributed by atoms with van der Waals surface area (Å²) in [7, 11) is -11.0. The lowest BCUT2D eigenvalue weighted by Gasteiger charge is -2.21. The molecular formula is C46H75N3O18P2. The molecule has 2 unspecified atom stereocenters. The molecule has 2 heterocycles. The van der Waals surface area contributed by atoms with Gasteiger partial charge in [0.25, 0.3) is 0 Å². The maximum Gasteiger partial charge on any atom is 0.481 e. The maximum atomic E-state index is 12.9. The van der Waals surface area contributed by atoms with Crippen LogP contribution < -0.4 is 11.4 Å². The third-order valence-corrected chi connectivity index (χ3v) is 13.0. The van der Waals surface area contributed by atoms with Gasteiger partial charge in [0.05, 0.1) is 31.5 Å². The summed E-state index contributed by atoms with van der Waals surface area (Å²) in [6.07, 6.45) is 17.1. The molecule has 0 radical (unpaired) electrons. The molecular weight excluding hydrogens is 944 g/mol. The van der Waals surface area contributed by atoms with E-state index in [9.17, 15) is 58.8 Å². The average Bonchev–Trinajstić information content (AvgIpc) is 3.56. The fraction of sp³-hybridized carbons (Fsp3) is 0.652. The Bertz CT molecular complexity index is 1960. The third-order valence-electron chi connectivity index (χ3n) is 10.4. The summed E-state index contributed by atoms with van der Waals surface area (Å²) in [5.74, 6) is -0.966. The molecule has 1 aliphatic heterocycles. The molecule has 0 spiro atoms. The van der Waals surface area contributed by atoms with Gasteiger partial charge in [0, 0.05) is 19.0 Å². The maximum absolute atomic E-state index is 12.9. The minimum Gasteiger partial charge on any atom is -0.462 e. The number of carbonyl (C=O) groups is 2. The highest BCUT2D eigenvalue weighted by atomic mass is 31.3. The number of nitrogen functional groups attached to an aromatic ring is 1. The molecule has 0 bridgehead atoms. The summed E-state index contributed by atoms with van der Waals surface area (Å²) in [6.45, 7) is 3.82. The molecule has 9 N–H and O–H groups in total. The van der Waals surface area contributed by atoms with Crippen LogP contribution in [0.3, 0.4) is 0 Å². The van der Waals surface area contributed by atoms with Crippen LogP contribution in [0.25, 0.3) is 0 Å². The van der Waals surface area contributed by atoms with Gasteiger partial charge in [0.15, 0.2) is 12.3 Å². The lowest BCUT2D eigenvalue weighted by atomic mass is 10.0. The number of hydrogen-bond donors (Lipinski definition) is 8. The van der Waals surface area contributed by atoms with Gasteiger partial charge in [-0.15, -0.1) is 0 Å². The zero-order chi connectivity index (χ0) is 51.2. The number of carbonyl (C=O) groups excluding carboxylic acids is 2. The van der Waals surface area contributed by atoms with E-state index in [1.807, 2.05) is 19.1 Å². The molecule has 23 heteroatoms. The van der Waals surface area contributed by atoms with Crippen molar-refractivity contribution in [3.8, 4) is 0 Å². The predicted molar refractivity (Wildman–Crippen MR) is 256 cm³/mol. The molecule has 21 nitrogen and oxygen atoms in total. The SMILES string of the molecule is CC/C=C\C[C@H](O)/C=C/C=C/C=C\C=C/[C@@H](O)[C@H](O)CCCC(=O)O[C@H](COC(=O)CCCCCCCCCCC(C)C)COP(=O)(O)OP(=O)(O)OC[C@H]1O[C@@H](n2ccc(N)nc2=O)[C@H](O)[C@@H]1O. The van der Waals surface area contributed by atoms with E-state index in [0.29, 0.717) is 18.8 Å². The van der Waals surface area contributed by atoms with E-state index < -0.39 is 102 Å². The topological polar surface area (TPSA) is 326 Å². The summed E-state index contributed by atoms with van der Waals surface area (Å²) in [4.78, 5) is 61.7. The van der Waals surface area contributed by atoms with Crippen molar-refractivity contribution in [1.82, 2.24) is 9.55 Å². The normalized spacial score (nSPS) is 21.4. The second kappa shape index (κ2) is 33.8. The van der Waals surface area contributed by atoms with Crippen molar-refractivity contribution in [3.05, 3.63) is 83.5 Å². The van der Waals surface area contributed by atoms with E-state index >= 15 is 0 Å². The average molecular weight is 1020 g/mol. The molecule has 0 aliphatic carbocycles. The lowest BCUT2D eigenvalue weighted by Crippen LogP contribution is -2.36. The summed E-state index contributed by atoms with van der Waals surface area (Å²) in [5.41, 5.74) is 4.54. The molecule has 2 rings (SSSR count). The number of allylic oxidation sites excluding steroid dienone is 7. The smallest absolute Gasteiger partial charge is 0.462 e. The zero-order valence-electron chi connectivity index (χ0n) is 39.8. The molecule has 69 heavy (non-hydrogen) atoms. The predicted octanol–water partition coefficient (Wildman–Crippen LogP) is 5.54. The molecule has 1 fully saturated rings. The van der Waals surface area contributed by atoms with Crippen LogP contribution in [-0.2, 0) is 46.3 Å². The number of aliphatic hydroxyl groups is 5. The fourth-order valence-corrected chi connectivity index (χ4v) is 8.71. The van der Waals surface area contributed by atoms with Crippen molar-refractivity contribution in [3.63, 3.8) is 0 Å². The Morgan fingerprint density at radius 3 is 2.07 bits per heavy atom. The van der Waals surface area contributed by atoms with Crippen molar-refractivity contribution in [2.45, 2.75) is 166 Å². The third kappa shape index (κ3) is 27.5. The minimum absolute atomic E-state index is 0.0264. The molecule has 1 aliphatic rings. The molecule has 0 aromatic carbocycles. The Kier molecular flexibility index (Phi) is 30.1. The van der Waals surface area contributed by atoms with Gasteiger partial charge in [-0.1, -0.05) is 133 Å². The van der Waals surface area contributed by atoms with E-state index in [2.05, 4.69) is 23.1 Å². The van der Waals surface area contributed by atoms with Crippen LogP contribution in [0.15, 0.2) is 77.8 Å². The van der Waals surface area contributed by atoms with Crippen LogP contribution in [0.1, 0.15) is 123 Å². The zero-order valence-corrected chi connectivity index (χ0v) is 41.6. The first kappa shape index (κ1) is 61.5. The van der Waals surface area contributed by atoms with Crippen molar-refractivity contribution >= 4 is 33.4 Å². The van der Waals surface area contributed by atoms with Gasteiger partial charge in [-0.05, 0) is 44.1 Å². The highest BCUT2D eigenvalue weighted by Crippen LogP contribution is 2.60. The number of aliphatic hydroxyl groups excluding tert-OH is 5. The number of unbranched alkanes of at least 4 members (excludes halogenated alkanes) is 7. The number of aromatic nitrogens is 2. The van der Waals surface area contributed by atoms with E-state index in [4.69, 9.17) is 29.0 Å². The summed E-state index contributed by atoms with van der Waals surface area (Å²) < 4.78 is 56.3.